The van der Waals surface area contributed by atoms with Gasteiger partial charge in [-0.2, -0.15) is 0 Å². The van der Waals surface area contributed by atoms with Crippen LogP contribution in [0.5, 0.6) is 0 Å². The van der Waals surface area contributed by atoms with E-state index in [0.29, 0.717) is 19.6 Å². The number of halogens is 2. The molecule has 0 aromatic heterocycles. The maximum Gasteiger partial charge on any atom is 0.283 e. The van der Waals surface area contributed by atoms with Gasteiger partial charge in [-0.1, -0.05) is 6.92 Å². The van der Waals surface area contributed by atoms with Gasteiger partial charge in [-0.05, 0) is 27.2 Å². The van der Waals surface area contributed by atoms with Crippen molar-refractivity contribution in [3.8, 4) is 0 Å². The Morgan fingerprint density at radius 2 is 1.81 bits per heavy atom. The van der Waals surface area contributed by atoms with E-state index in [1.54, 1.807) is 4.90 Å². The predicted molar refractivity (Wildman–Crippen MR) is 102 cm³/mol. The smallest absolute Gasteiger partial charge is 0.283 e. The molecule has 6 nitrogen and oxygen atoms in total. The van der Waals surface area contributed by atoms with Crippen LogP contribution in [0.15, 0.2) is 0 Å². The van der Waals surface area contributed by atoms with E-state index < -0.39 is 12.5 Å². The van der Waals surface area contributed by atoms with Crippen molar-refractivity contribution < 1.29 is 18.3 Å². The highest BCUT2D eigenvalue weighted by Gasteiger charge is 2.38. The van der Waals surface area contributed by atoms with Crippen molar-refractivity contribution in [2.24, 2.45) is 0 Å². The molecule has 3 atom stereocenters. The lowest BCUT2D eigenvalue weighted by Gasteiger charge is -2.45. The summed E-state index contributed by atoms with van der Waals surface area (Å²) in [6, 6.07) is 0.124. The molecule has 2 fully saturated rings. The summed E-state index contributed by atoms with van der Waals surface area (Å²) in [5.41, 5.74) is 0. The third-order valence-corrected chi connectivity index (χ3v) is 5.57. The molecule has 2 aliphatic heterocycles. The first-order chi connectivity index (χ1) is 12.7. The summed E-state index contributed by atoms with van der Waals surface area (Å²) < 4.78 is 33.8. The van der Waals surface area contributed by atoms with Crippen LogP contribution in [0, 0.1) is 0 Å². The largest absolute Gasteiger partial charge is 0.372 e. The van der Waals surface area contributed by atoms with Crippen molar-refractivity contribution in [2.75, 3.05) is 59.0 Å². The fraction of sp³-hybridized carbons (Fsp3) is 0.947. The Labute approximate surface area is 162 Å². The molecule has 0 aromatic rings. The molecule has 27 heavy (non-hydrogen) atoms. The van der Waals surface area contributed by atoms with Gasteiger partial charge in [0.2, 0.25) is 5.91 Å². The number of nitrogens with zero attached hydrogens (tertiary/aromatic N) is 3. The Bertz CT molecular complexity index is 463. The summed E-state index contributed by atoms with van der Waals surface area (Å²) in [4.78, 5) is 18.4. The first kappa shape index (κ1) is 22.5. The summed E-state index contributed by atoms with van der Waals surface area (Å²) in [6.45, 7) is 11.5. The number of rotatable bonds is 8. The molecule has 0 radical (unpaired) electrons. The molecule has 3 unspecified atom stereocenters. The first-order valence-electron chi connectivity index (χ1n) is 10.2. The Balaban J connectivity index is 1.83. The number of ether oxygens (including phenoxy) is 1. The van der Waals surface area contributed by atoms with E-state index in [1.807, 2.05) is 32.6 Å². The molecular formula is C19H36F2N4O2. The molecule has 2 aliphatic rings. The average Bonchev–Trinajstić information content (AvgIpc) is 2.63. The van der Waals surface area contributed by atoms with Crippen molar-refractivity contribution in [2.45, 2.75) is 58.2 Å². The van der Waals surface area contributed by atoms with Gasteiger partial charge in [0.25, 0.3) is 5.92 Å². The third kappa shape index (κ3) is 6.93. The molecule has 0 spiro atoms. The van der Waals surface area contributed by atoms with Gasteiger partial charge in [-0.15, -0.1) is 0 Å². The standard InChI is InChI=1S/C19H36F2N4O2/c1-5-17(4)27-14-19(20,21)13-23-10-15(2)25(16(3)11-23)12-18(26)24-8-6-22-7-9-24/h15-17,22H,5-14H2,1-4H3. The van der Waals surface area contributed by atoms with E-state index in [2.05, 4.69) is 10.2 Å². The second-order valence-electron chi connectivity index (χ2n) is 8.08. The van der Waals surface area contributed by atoms with Crippen molar-refractivity contribution >= 4 is 5.91 Å². The summed E-state index contributed by atoms with van der Waals surface area (Å²) in [7, 11) is 0. The number of alkyl halides is 2. The zero-order valence-corrected chi connectivity index (χ0v) is 17.2. The quantitative estimate of drug-likeness (QED) is 0.676. The van der Waals surface area contributed by atoms with Crippen LogP contribution in [0.3, 0.4) is 0 Å². The van der Waals surface area contributed by atoms with Crippen LogP contribution in [-0.2, 0) is 9.53 Å². The predicted octanol–water partition coefficient (Wildman–Crippen LogP) is 1.26. The molecule has 0 saturated carbocycles. The summed E-state index contributed by atoms with van der Waals surface area (Å²) in [5.74, 6) is -2.72. The fourth-order valence-electron chi connectivity index (χ4n) is 3.83. The maximum absolute atomic E-state index is 14.3. The van der Waals surface area contributed by atoms with Crippen LogP contribution >= 0.6 is 0 Å². The number of hydrogen-bond donors (Lipinski definition) is 1. The zero-order chi connectivity index (χ0) is 20.0. The van der Waals surface area contributed by atoms with Gasteiger partial charge in [-0.3, -0.25) is 14.6 Å². The van der Waals surface area contributed by atoms with Gasteiger partial charge < -0.3 is 15.0 Å². The second-order valence-corrected chi connectivity index (χ2v) is 8.08. The number of nitrogens with one attached hydrogen (secondary N) is 1. The number of hydrogen-bond acceptors (Lipinski definition) is 5. The first-order valence-corrected chi connectivity index (χ1v) is 10.2. The SMILES string of the molecule is CCC(C)OCC(F)(F)CN1CC(C)N(CC(=O)N2CCNCC2)C(C)C1. The van der Waals surface area contributed by atoms with Gasteiger partial charge in [0.1, 0.15) is 6.61 Å². The summed E-state index contributed by atoms with van der Waals surface area (Å²) in [6.07, 6.45) is 0.575. The zero-order valence-electron chi connectivity index (χ0n) is 17.2. The van der Waals surface area contributed by atoms with E-state index in [9.17, 15) is 13.6 Å². The van der Waals surface area contributed by atoms with Crippen LogP contribution in [0.1, 0.15) is 34.1 Å². The number of piperazine rings is 2. The summed E-state index contributed by atoms with van der Waals surface area (Å²) in [5, 5.41) is 3.24. The van der Waals surface area contributed by atoms with Crippen LogP contribution in [0.25, 0.3) is 0 Å². The van der Waals surface area contributed by atoms with Crippen LogP contribution in [0.2, 0.25) is 0 Å². The Morgan fingerprint density at radius 3 is 2.37 bits per heavy atom. The van der Waals surface area contributed by atoms with Gasteiger partial charge in [0.15, 0.2) is 0 Å². The van der Waals surface area contributed by atoms with Crippen molar-refractivity contribution in [1.29, 1.82) is 0 Å². The lowest BCUT2D eigenvalue weighted by molar-refractivity contribution is -0.137. The topological polar surface area (TPSA) is 48.1 Å². The van der Waals surface area contributed by atoms with Crippen LogP contribution in [-0.4, -0.2) is 104 Å². The highest BCUT2D eigenvalue weighted by molar-refractivity contribution is 5.78. The van der Waals surface area contributed by atoms with Gasteiger partial charge >= 0.3 is 0 Å². The van der Waals surface area contributed by atoms with E-state index in [1.165, 1.54) is 0 Å². The fourth-order valence-corrected chi connectivity index (χ4v) is 3.83. The molecule has 1 amide bonds. The van der Waals surface area contributed by atoms with E-state index >= 15 is 0 Å². The highest BCUT2D eigenvalue weighted by Crippen LogP contribution is 2.22. The van der Waals surface area contributed by atoms with Crippen molar-refractivity contribution in [1.82, 2.24) is 20.0 Å². The number of carbonyl (C=O) groups is 1. The molecule has 158 valence electrons. The van der Waals surface area contributed by atoms with Crippen molar-refractivity contribution in [3.63, 3.8) is 0 Å². The minimum absolute atomic E-state index is 0.0619. The lowest BCUT2D eigenvalue weighted by Crippen LogP contribution is -2.61. The van der Waals surface area contributed by atoms with Crippen LogP contribution in [0.4, 0.5) is 8.78 Å². The third-order valence-electron chi connectivity index (χ3n) is 5.57. The van der Waals surface area contributed by atoms with Gasteiger partial charge in [0.05, 0.1) is 19.2 Å². The molecule has 1 N–H and O–H groups in total. The normalized spacial score (nSPS) is 27.0. The molecule has 2 rings (SSSR count). The molecule has 0 aromatic carbocycles. The summed E-state index contributed by atoms with van der Waals surface area (Å²) >= 11 is 0. The van der Waals surface area contributed by atoms with E-state index in [4.69, 9.17) is 4.74 Å². The average molecular weight is 391 g/mol. The molecular weight excluding hydrogens is 354 g/mol. The van der Waals surface area contributed by atoms with E-state index in [-0.39, 0.29) is 30.6 Å². The Morgan fingerprint density at radius 1 is 1.22 bits per heavy atom. The van der Waals surface area contributed by atoms with Crippen molar-refractivity contribution in [3.05, 3.63) is 0 Å². The maximum atomic E-state index is 14.3. The molecule has 0 aliphatic carbocycles. The molecule has 2 heterocycles. The van der Waals surface area contributed by atoms with Gasteiger partial charge in [-0.25, -0.2) is 8.78 Å². The minimum atomic E-state index is -2.86. The van der Waals surface area contributed by atoms with Crippen LogP contribution < -0.4 is 5.32 Å². The highest BCUT2D eigenvalue weighted by atomic mass is 19.3. The van der Waals surface area contributed by atoms with E-state index in [0.717, 1.165) is 32.6 Å². The Hall–Kier alpha value is -0.830. The minimum Gasteiger partial charge on any atom is -0.372 e. The molecule has 2 saturated heterocycles. The number of amides is 1. The Kier molecular flexibility index (Phi) is 8.39. The number of carbonyl (C=O) groups excluding carboxylic acids is 1. The monoisotopic (exact) mass is 390 g/mol. The molecule has 0 bridgehead atoms. The lowest BCUT2D eigenvalue weighted by atomic mass is 10.1. The second kappa shape index (κ2) is 10.1. The molecule has 8 heteroatoms. The van der Waals surface area contributed by atoms with Gasteiger partial charge in [0, 0.05) is 51.4 Å².